The van der Waals surface area contributed by atoms with E-state index in [0.29, 0.717) is 19.5 Å². The van der Waals surface area contributed by atoms with E-state index in [9.17, 15) is 4.79 Å². The van der Waals surface area contributed by atoms with Crippen molar-refractivity contribution < 1.29 is 9.90 Å². The minimum absolute atomic E-state index is 0.270. The number of carbonyl (C=O) groups excluding carboxylic acids is 1. The zero-order valence-electron chi connectivity index (χ0n) is 7.53. The molecule has 4 heteroatoms. The average Bonchev–Trinajstić information content (AvgIpc) is 2.17. The van der Waals surface area contributed by atoms with Crippen molar-refractivity contribution in [2.45, 2.75) is 19.4 Å². The van der Waals surface area contributed by atoms with Crippen molar-refractivity contribution in [2.75, 3.05) is 13.1 Å². The molecule has 0 aromatic heterocycles. The Morgan fingerprint density at radius 3 is 2.92 bits per heavy atom. The first-order chi connectivity index (χ1) is 6.15. The van der Waals surface area contributed by atoms with Crippen LogP contribution in [-0.2, 0) is 4.79 Å². The van der Waals surface area contributed by atoms with Gasteiger partial charge in [0.1, 0.15) is 6.10 Å². The van der Waals surface area contributed by atoms with Gasteiger partial charge in [-0.15, -0.1) is 0 Å². The van der Waals surface area contributed by atoms with Crippen LogP contribution in [0.25, 0.3) is 0 Å². The lowest BCUT2D eigenvalue weighted by Gasteiger charge is -2.25. The SMILES string of the molecule is C[C@@H](O)C(=O)N1CC=C(C#N)CC1. The predicted octanol–water partition coefficient (Wildman–Crippen LogP) is 0.0495. The van der Waals surface area contributed by atoms with Crippen LogP contribution in [0, 0.1) is 11.3 Å². The Morgan fingerprint density at radius 1 is 1.85 bits per heavy atom. The molecule has 1 N–H and O–H groups in total. The highest BCUT2D eigenvalue weighted by molar-refractivity contribution is 5.80. The van der Waals surface area contributed by atoms with E-state index in [0.717, 1.165) is 5.57 Å². The van der Waals surface area contributed by atoms with Crippen molar-refractivity contribution >= 4 is 5.91 Å². The molecule has 0 aromatic carbocycles. The number of amides is 1. The third kappa shape index (κ3) is 2.30. The van der Waals surface area contributed by atoms with E-state index in [1.165, 1.54) is 6.92 Å². The lowest BCUT2D eigenvalue weighted by molar-refractivity contribution is -0.138. The van der Waals surface area contributed by atoms with Crippen LogP contribution in [0.1, 0.15) is 13.3 Å². The maximum absolute atomic E-state index is 11.3. The lowest BCUT2D eigenvalue weighted by Crippen LogP contribution is -2.40. The van der Waals surface area contributed by atoms with E-state index in [2.05, 4.69) is 6.07 Å². The van der Waals surface area contributed by atoms with Gasteiger partial charge >= 0.3 is 0 Å². The highest BCUT2D eigenvalue weighted by atomic mass is 16.3. The summed E-state index contributed by atoms with van der Waals surface area (Å²) in [6, 6.07) is 2.05. The van der Waals surface area contributed by atoms with Crippen molar-refractivity contribution in [1.82, 2.24) is 4.90 Å². The van der Waals surface area contributed by atoms with Gasteiger partial charge in [-0.3, -0.25) is 4.79 Å². The zero-order chi connectivity index (χ0) is 9.84. The molecule has 13 heavy (non-hydrogen) atoms. The standard InChI is InChI=1S/C9H12N2O2/c1-7(12)9(13)11-4-2-8(6-10)3-5-11/h2,7,12H,3-5H2,1H3/t7-/m1/s1. The van der Waals surface area contributed by atoms with Gasteiger partial charge in [-0.1, -0.05) is 6.08 Å². The number of hydrogen-bond acceptors (Lipinski definition) is 3. The topological polar surface area (TPSA) is 64.3 Å². The summed E-state index contributed by atoms with van der Waals surface area (Å²) in [6.45, 7) is 2.42. The number of nitriles is 1. The van der Waals surface area contributed by atoms with Crippen molar-refractivity contribution in [2.24, 2.45) is 0 Å². The van der Waals surface area contributed by atoms with Crippen LogP contribution in [0.3, 0.4) is 0 Å². The molecule has 0 bridgehead atoms. The molecule has 70 valence electrons. The number of carbonyl (C=O) groups is 1. The molecule has 0 aliphatic carbocycles. The molecular formula is C9H12N2O2. The van der Waals surface area contributed by atoms with Crippen LogP contribution in [0.5, 0.6) is 0 Å². The molecule has 0 aromatic rings. The van der Waals surface area contributed by atoms with Gasteiger partial charge in [-0.2, -0.15) is 5.26 Å². The Labute approximate surface area is 77.1 Å². The molecule has 1 rings (SSSR count). The van der Waals surface area contributed by atoms with E-state index < -0.39 is 6.10 Å². The number of rotatable bonds is 1. The number of hydrogen-bond donors (Lipinski definition) is 1. The Morgan fingerprint density at radius 2 is 2.54 bits per heavy atom. The van der Waals surface area contributed by atoms with Crippen molar-refractivity contribution in [1.29, 1.82) is 5.26 Å². The summed E-state index contributed by atoms with van der Waals surface area (Å²) in [6.07, 6.45) is 1.37. The second kappa shape index (κ2) is 4.06. The highest BCUT2D eigenvalue weighted by Gasteiger charge is 2.20. The highest BCUT2D eigenvalue weighted by Crippen LogP contribution is 2.10. The van der Waals surface area contributed by atoms with Crippen LogP contribution in [0.15, 0.2) is 11.6 Å². The molecule has 1 aliphatic rings. The number of aliphatic hydroxyl groups is 1. The third-order valence-corrected chi connectivity index (χ3v) is 2.02. The first-order valence-corrected chi connectivity index (χ1v) is 4.21. The molecule has 0 spiro atoms. The van der Waals surface area contributed by atoms with E-state index in [-0.39, 0.29) is 5.91 Å². The van der Waals surface area contributed by atoms with Gasteiger partial charge in [0.05, 0.1) is 6.07 Å². The summed E-state index contributed by atoms with van der Waals surface area (Å²) >= 11 is 0. The fourth-order valence-electron chi connectivity index (χ4n) is 1.24. The lowest BCUT2D eigenvalue weighted by atomic mass is 10.1. The van der Waals surface area contributed by atoms with E-state index in [1.807, 2.05) is 0 Å². The molecule has 0 saturated carbocycles. The molecule has 0 saturated heterocycles. The molecule has 0 unspecified atom stereocenters. The summed E-state index contributed by atoms with van der Waals surface area (Å²) in [5, 5.41) is 17.6. The largest absolute Gasteiger partial charge is 0.384 e. The summed E-state index contributed by atoms with van der Waals surface area (Å²) in [5.74, 6) is -0.270. The van der Waals surface area contributed by atoms with Crippen molar-refractivity contribution in [3.8, 4) is 6.07 Å². The van der Waals surface area contributed by atoms with Crippen LogP contribution in [0.2, 0.25) is 0 Å². The Bertz CT molecular complexity index is 276. The predicted molar refractivity (Wildman–Crippen MR) is 46.6 cm³/mol. The summed E-state index contributed by atoms with van der Waals surface area (Å²) in [4.78, 5) is 12.8. The van der Waals surface area contributed by atoms with Crippen LogP contribution < -0.4 is 0 Å². The second-order valence-corrected chi connectivity index (χ2v) is 3.05. The smallest absolute Gasteiger partial charge is 0.251 e. The second-order valence-electron chi connectivity index (χ2n) is 3.05. The van der Waals surface area contributed by atoms with E-state index >= 15 is 0 Å². The van der Waals surface area contributed by atoms with Gasteiger partial charge in [-0.25, -0.2) is 0 Å². The average molecular weight is 180 g/mol. The van der Waals surface area contributed by atoms with E-state index in [4.69, 9.17) is 10.4 Å². The molecule has 1 atom stereocenters. The number of aliphatic hydroxyl groups excluding tert-OH is 1. The van der Waals surface area contributed by atoms with Crippen LogP contribution in [0.4, 0.5) is 0 Å². The molecule has 0 fully saturated rings. The van der Waals surface area contributed by atoms with Gasteiger partial charge in [0.15, 0.2) is 0 Å². The third-order valence-electron chi connectivity index (χ3n) is 2.02. The first-order valence-electron chi connectivity index (χ1n) is 4.21. The van der Waals surface area contributed by atoms with Gasteiger partial charge < -0.3 is 10.0 Å². The normalized spacial score (nSPS) is 18.8. The molecule has 1 heterocycles. The summed E-state index contributed by atoms with van der Waals surface area (Å²) in [7, 11) is 0. The Balaban J connectivity index is 2.56. The zero-order valence-corrected chi connectivity index (χ0v) is 7.53. The molecule has 1 aliphatic heterocycles. The fourth-order valence-corrected chi connectivity index (χ4v) is 1.24. The van der Waals surface area contributed by atoms with Gasteiger partial charge in [0, 0.05) is 18.7 Å². The number of nitrogens with zero attached hydrogens (tertiary/aromatic N) is 2. The minimum atomic E-state index is -0.947. The minimum Gasteiger partial charge on any atom is -0.384 e. The van der Waals surface area contributed by atoms with Gasteiger partial charge in [0.2, 0.25) is 0 Å². The van der Waals surface area contributed by atoms with Crippen molar-refractivity contribution in [3.63, 3.8) is 0 Å². The van der Waals surface area contributed by atoms with Crippen LogP contribution >= 0.6 is 0 Å². The first kappa shape index (κ1) is 9.75. The van der Waals surface area contributed by atoms with Crippen LogP contribution in [-0.4, -0.2) is 35.1 Å². The Kier molecular flexibility index (Phi) is 3.04. The van der Waals surface area contributed by atoms with Gasteiger partial charge in [0.25, 0.3) is 5.91 Å². The quantitative estimate of drug-likeness (QED) is 0.620. The van der Waals surface area contributed by atoms with E-state index in [1.54, 1.807) is 11.0 Å². The fraction of sp³-hybridized carbons (Fsp3) is 0.556. The maximum Gasteiger partial charge on any atom is 0.251 e. The molecular weight excluding hydrogens is 168 g/mol. The molecule has 0 radical (unpaired) electrons. The molecule has 4 nitrogen and oxygen atoms in total. The molecule has 1 amide bonds. The monoisotopic (exact) mass is 180 g/mol. The van der Waals surface area contributed by atoms with Gasteiger partial charge in [-0.05, 0) is 13.3 Å². The maximum atomic E-state index is 11.3. The summed E-state index contributed by atoms with van der Waals surface area (Å²) < 4.78 is 0. The Hall–Kier alpha value is -1.34. The summed E-state index contributed by atoms with van der Waals surface area (Å²) in [5.41, 5.74) is 0.717. The van der Waals surface area contributed by atoms with Crippen molar-refractivity contribution in [3.05, 3.63) is 11.6 Å².